The molecule has 1 saturated carbocycles. The van der Waals surface area contributed by atoms with E-state index in [1.807, 2.05) is 19.1 Å². The van der Waals surface area contributed by atoms with E-state index in [1.54, 1.807) is 6.07 Å². The van der Waals surface area contributed by atoms with E-state index in [0.717, 1.165) is 18.4 Å². The number of carbonyl (C=O) groups excluding carboxylic acids is 1. The Hall–Kier alpha value is -1.06. The highest BCUT2D eigenvalue weighted by Crippen LogP contribution is 2.26. The third-order valence-electron chi connectivity index (χ3n) is 3.20. The fourth-order valence-electron chi connectivity index (χ4n) is 2.02. The molecule has 0 aliphatic heterocycles. The molecule has 17 heavy (non-hydrogen) atoms. The summed E-state index contributed by atoms with van der Waals surface area (Å²) < 4.78 is 0. The number of hydrogen-bond acceptors (Lipinski definition) is 2. The average molecular weight is 254 g/mol. The molecule has 1 aromatic rings. The zero-order chi connectivity index (χ0) is 12.4. The topological polar surface area (TPSA) is 49.3 Å². The number of aliphatic hydroxyl groups is 1. The molecular weight excluding hydrogens is 238 g/mol. The van der Waals surface area contributed by atoms with Gasteiger partial charge >= 0.3 is 0 Å². The fourth-order valence-corrected chi connectivity index (χ4v) is 2.23. The molecule has 0 bridgehead atoms. The van der Waals surface area contributed by atoms with Crippen LogP contribution < -0.4 is 5.32 Å². The van der Waals surface area contributed by atoms with Crippen LogP contribution in [0, 0.1) is 12.8 Å². The lowest BCUT2D eigenvalue weighted by Crippen LogP contribution is -2.38. The van der Waals surface area contributed by atoms with E-state index >= 15 is 0 Å². The Labute approximate surface area is 106 Å². The van der Waals surface area contributed by atoms with Crippen molar-refractivity contribution in [2.24, 2.45) is 5.92 Å². The number of aryl methyl sites for hydroxylation is 1. The predicted molar refractivity (Wildman–Crippen MR) is 67.3 cm³/mol. The van der Waals surface area contributed by atoms with E-state index in [1.165, 1.54) is 0 Å². The second-order valence-electron chi connectivity index (χ2n) is 4.64. The van der Waals surface area contributed by atoms with Gasteiger partial charge in [0.05, 0.1) is 16.7 Å². The van der Waals surface area contributed by atoms with Crippen molar-refractivity contribution in [2.75, 3.05) is 6.54 Å². The second-order valence-corrected chi connectivity index (χ2v) is 5.02. The van der Waals surface area contributed by atoms with Gasteiger partial charge in [-0.1, -0.05) is 23.7 Å². The number of hydrogen-bond donors (Lipinski definition) is 2. The minimum absolute atomic E-state index is 0.139. The van der Waals surface area contributed by atoms with Gasteiger partial charge in [0.1, 0.15) is 0 Å². The van der Waals surface area contributed by atoms with Gasteiger partial charge in [-0.2, -0.15) is 0 Å². The second kappa shape index (κ2) is 5.07. The molecule has 0 atom stereocenters. The molecule has 0 saturated heterocycles. The Balaban J connectivity index is 1.93. The molecule has 1 amide bonds. The number of nitrogens with one attached hydrogen (secondary N) is 1. The SMILES string of the molecule is Cc1cccc(C(=O)NCC2CC(O)C2)c1Cl. The summed E-state index contributed by atoms with van der Waals surface area (Å²) in [7, 11) is 0. The van der Waals surface area contributed by atoms with Crippen LogP contribution in [-0.2, 0) is 0 Å². The van der Waals surface area contributed by atoms with Gasteiger partial charge in [-0.05, 0) is 37.3 Å². The molecule has 1 aromatic carbocycles. The van der Waals surface area contributed by atoms with Crippen LogP contribution in [0.5, 0.6) is 0 Å². The lowest BCUT2D eigenvalue weighted by atomic mass is 9.82. The van der Waals surface area contributed by atoms with Crippen LogP contribution >= 0.6 is 11.6 Å². The molecule has 1 aliphatic carbocycles. The number of carbonyl (C=O) groups is 1. The third-order valence-corrected chi connectivity index (χ3v) is 3.70. The summed E-state index contributed by atoms with van der Waals surface area (Å²) >= 11 is 6.07. The third kappa shape index (κ3) is 2.79. The van der Waals surface area contributed by atoms with Crippen molar-refractivity contribution >= 4 is 17.5 Å². The van der Waals surface area contributed by atoms with Gasteiger partial charge in [-0.15, -0.1) is 0 Å². The van der Waals surface area contributed by atoms with E-state index in [2.05, 4.69) is 5.32 Å². The number of amides is 1. The van der Waals surface area contributed by atoms with E-state index in [4.69, 9.17) is 16.7 Å². The minimum atomic E-state index is -0.181. The molecule has 0 aromatic heterocycles. The molecule has 0 unspecified atom stereocenters. The minimum Gasteiger partial charge on any atom is -0.393 e. The van der Waals surface area contributed by atoms with Crippen LogP contribution in [0.4, 0.5) is 0 Å². The fraction of sp³-hybridized carbons (Fsp3) is 0.462. The summed E-state index contributed by atoms with van der Waals surface area (Å²) in [5.41, 5.74) is 1.42. The van der Waals surface area contributed by atoms with Crippen LogP contribution in [0.15, 0.2) is 18.2 Å². The van der Waals surface area contributed by atoms with Crippen molar-refractivity contribution in [3.63, 3.8) is 0 Å². The highest BCUT2D eigenvalue weighted by atomic mass is 35.5. The lowest BCUT2D eigenvalue weighted by Gasteiger charge is -2.31. The lowest BCUT2D eigenvalue weighted by molar-refractivity contribution is 0.0420. The van der Waals surface area contributed by atoms with Crippen molar-refractivity contribution in [2.45, 2.75) is 25.9 Å². The molecule has 2 N–H and O–H groups in total. The first-order chi connectivity index (χ1) is 8.08. The normalized spacial score (nSPS) is 23.0. The molecule has 1 aliphatic rings. The maximum absolute atomic E-state index is 11.9. The van der Waals surface area contributed by atoms with Crippen molar-refractivity contribution < 1.29 is 9.90 Å². The van der Waals surface area contributed by atoms with Gasteiger partial charge in [0.15, 0.2) is 0 Å². The Morgan fingerprint density at radius 2 is 2.24 bits per heavy atom. The Morgan fingerprint density at radius 1 is 1.53 bits per heavy atom. The van der Waals surface area contributed by atoms with Crippen molar-refractivity contribution in [3.05, 3.63) is 34.3 Å². The van der Waals surface area contributed by atoms with E-state index in [0.29, 0.717) is 23.0 Å². The Bertz CT molecular complexity index is 427. The summed E-state index contributed by atoms with van der Waals surface area (Å²) in [5.74, 6) is 0.262. The van der Waals surface area contributed by atoms with Crippen LogP contribution in [0.3, 0.4) is 0 Å². The zero-order valence-corrected chi connectivity index (χ0v) is 10.5. The average Bonchev–Trinajstić information content (AvgIpc) is 2.26. The monoisotopic (exact) mass is 253 g/mol. The molecule has 1 fully saturated rings. The van der Waals surface area contributed by atoms with E-state index < -0.39 is 0 Å². The Kier molecular flexibility index (Phi) is 3.69. The van der Waals surface area contributed by atoms with Crippen molar-refractivity contribution in [1.82, 2.24) is 5.32 Å². The van der Waals surface area contributed by atoms with Gasteiger partial charge in [-0.3, -0.25) is 4.79 Å². The maximum atomic E-state index is 11.9. The standard InChI is InChI=1S/C13H16ClNO2/c1-8-3-2-4-11(12(8)14)13(17)15-7-9-5-10(16)6-9/h2-4,9-10,16H,5-7H2,1H3,(H,15,17). The van der Waals surface area contributed by atoms with Crippen LogP contribution in [0.2, 0.25) is 5.02 Å². The van der Waals surface area contributed by atoms with Crippen LogP contribution in [0.1, 0.15) is 28.8 Å². The largest absolute Gasteiger partial charge is 0.393 e. The van der Waals surface area contributed by atoms with Gasteiger partial charge < -0.3 is 10.4 Å². The van der Waals surface area contributed by atoms with E-state index in [-0.39, 0.29) is 12.0 Å². The molecule has 0 heterocycles. The van der Waals surface area contributed by atoms with Crippen molar-refractivity contribution in [1.29, 1.82) is 0 Å². The van der Waals surface area contributed by atoms with Crippen LogP contribution in [-0.4, -0.2) is 23.7 Å². The first-order valence-electron chi connectivity index (χ1n) is 5.79. The summed E-state index contributed by atoms with van der Waals surface area (Å²) in [6.07, 6.45) is 1.38. The zero-order valence-electron chi connectivity index (χ0n) is 9.74. The molecule has 0 radical (unpaired) electrons. The number of benzene rings is 1. The number of aliphatic hydroxyl groups excluding tert-OH is 1. The van der Waals surface area contributed by atoms with Crippen LogP contribution in [0.25, 0.3) is 0 Å². The predicted octanol–water partition coefficient (Wildman–Crippen LogP) is 2.15. The smallest absolute Gasteiger partial charge is 0.252 e. The quantitative estimate of drug-likeness (QED) is 0.867. The van der Waals surface area contributed by atoms with Crippen molar-refractivity contribution in [3.8, 4) is 0 Å². The molecular formula is C13H16ClNO2. The number of halogens is 1. The summed E-state index contributed by atoms with van der Waals surface area (Å²) in [5, 5.41) is 12.5. The summed E-state index contributed by atoms with van der Waals surface area (Å²) in [6.45, 7) is 2.49. The molecule has 0 spiro atoms. The molecule has 4 heteroatoms. The molecule has 92 valence electrons. The first kappa shape index (κ1) is 12.4. The summed E-state index contributed by atoms with van der Waals surface area (Å²) in [4.78, 5) is 11.9. The highest BCUT2D eigenvalue weighted by molar-refractivity contribution is 6.34. The Morgan fingerprint density at radius 3 is 2.88 bits per heavy atom. The molecule has 2 rings (SSSR count). The van der Waals surface area contributed by atoms with E-state index in [9.17, 15) is 4.79 Å². The van der Waals surface area contributed by atoms with Gasteiger partial charge in [0.25, 0.3) is 5.91 Å². The maximum Gasteiger partial charge on any atom is 0.252 e. The molecule has 3 nitrogen and oxygen atoms in total. The van der Waals surface area contributed by atoms with Gasteiger partial charge in [0, 0.05) is 6.54 Å². The number of rotatable bonds is 3. The van der Waals surface area contributed by atoms with Gasteiger partial charge in [-0.25, -0.2) is 0 Å². The first-order valence-corrected chi connectivity index (χ1v) is 6.17. The summed E-state index contributed by atoms with van der Waals surface area (Å²) in [6, 6.07) is 5.42. The highest BCUT2D eigenvalue weighted by Gasteiger charge is 2.27. The van der Waals surface area contributed by atoms with Gasteiger partial charge in [0.2, 0.25) is 0 Å².